The Bertz CT molecular complexity index is 503. The fraction of sp³-hybridized carbons (Fsp3) is 0.417. The van der Waals surface area contributed by atoms with Gasteiger partial charge in [-0.25, -0.2) is 0 Å². The highest BCUT2D eigenvalue weighted by Gasteiger charge is 2.28. The van der Waals surface area contributed by atoms with Crippen molar-refractivity contribution in [3.05, 3.63) is 33.3 Å². The molecule has 0 fully saturated rings. The van der Waals surface area contributed by atoms with Gasteiger partial charge >= 0.3 is 5.69 Å². The molecule has 0 unspecified atom stereocenters. The van der Waals surface area contributed by atoms with E-state index in [0.717, 1.165) is 0 Å². The summed E-state index contributed by atoms with van der Waals surface area (Å²) in [5.74, 6) is -0.148. The van der Waals surface area contributed by atoms with Gasteiger partial charge in [-0.05, 0) is 26.0 Å². The van der Waals surface area contributed by atoms with Crippen LogP contribution < -0.4 is 10.6 Å². The molecule has 0 aliphatic heterocycles. The summed E-state index contributed by atoms with van der Waals surface area (Å²) in [4.78, 5) is 22.0. The molecule has 7 heteroatoms. The average Bonchev–Trinajstić information content (AvgIpc) is 2.34. The van der Waals surface area contributed by atoms with Crippen molar-refractivity contribution >= 4 is 28.9 Å². The van der Waals surface area contributed by atoms with Crippen molar-refractivity contribution in [1.82, 2.24) is 5.32 Å². The molecule has 104 valence electrons. The molecule has 1 aromatic carbocycles. The Balaban J connectivity index is 2.93. The van der Waals surface area contributed by atoms with E-state index in [2.05, 4.69) is 10.6 Å². The molecular weight excluding hydrogens is 270 g/mol. The van der Waals surface area contributed by atoms with Crippen molar-refractivity contribution in [1.29, 1.82) is 0 Å². The van der Waals surface area contributed by atoms with Gasteiger partial charge in [0.25, 0.3) is 0 Å². The number of benzene rings is 1. The number of hydrogen-bond donors (Lipinski definition) is 2. The van der Waals surface area contributed by atoms with Crippen LogP contribution in [-0.4, -0.2) is 24.4 Å². The predicted molar refractivity (Wildman–Crippen MR) is 74.4 cm³/mol. The van der Waals surface area contributed by atoms with Crippen molar-refractivity contribution in [3.8, 4) is 0 Å². The number of nitrogens with one attached hydrogen (secondary N) is 2. The van der Waals surface area contributed by atoms with Crippen LogP contribution in [0.2, 0.25) is 5.02 Å². The molecule has 1 rings (SSSR count). The minimum Gasteiger partial charge on any atom is -0.378 e. The normalized spacial score (nSPS) is 10.9. The highest BCUT2D eigenvalue weighted by molar-refractivity contribution is 6.33. The molecule has 0 aliphatic carbocycles. The van der Waals surface area contributed by atoms with E-state index in [1.165, 1.54) is 6.07 Å². The first-order chi connectivity index (χ1) is 8.79. The van der Waals surface area contributed by atoms with Gasteiger partial charge in [-0.2, -0.15) is 0 Å². The van der Waals surface area contributed by atoms with Crippen molar-refractivity contribution < 1.29 is 9.72 Å². The number of carbonyl (C=O) groups excluding carboxylic acids is 1. The standard InChI is InChI=1S/C12H16ClN3O3/c1-12(2,11(17)14-3)7-15-9-6-4-5-8(13)10(9)16(18)19/h4-6,15H,7H2,1-3H3,(H,14,17). The molecule has 0 saturated carbocycles. The van der Waals surface area contributed by atoms with Gasteiger partial charge in [-0.15, -0.1) is 0 Å². The lowest BCUT2D eigenvalue weighted by atomic mass is 9.92. The summed E-state index contributed by atoms with van der Waals surface area (Å²) in [6, 6.07) is 4.63. The lowest BCUT2D eigenvalue weighted by Crippen LogP contribution is -2.39. The van der Waals surface area contributed by atoms with Gasteiger partial charge in [0.2, 0.25) is 5.91 Å². The number of nitrogens with zero attached hydrogens (tertiary/aromatic N) is 1. The van der Waals surface area contributed by atoms with Crippen LogP contribution in [-0.2, 0) is 4.79 Å². The summed E-state index contributed by atoms with van der Waals surface area (Å²) >= 11 is 5.80. The van der Waals surface area contributed by atoms with Crippen LogP contribution in [0.5, 0.6) is 0 Å². The molecule has 0 bridgehead atoms. The predicted octanol–water partition coefficient (Wildman–Crippen LogP) is 2.43. The van der Waals surface area contributed by atoms with Crippen LogP contribution in [0.25, 0.3) is 0 Å². The molecule has 0 saturated heterocycles. The van der Waals surface area contributed by atoms with E-state index in [4.69, 9.17) is 11.6 Å². The molecule has 0 heterocycles. The third-order valence-electron chi connectivity index (χ3n) is 2.73. The maximum atomic E-state index is 11.6. The van der Waals surface area contributed by atoms with Crippen LogP contribution in [0.1, 0.15) is 13.8 Å². The highest BCUT2D eigenvalue weighted by atomic mass is 35.5. The third kappa shape index (κ3) is 3.57. The Kier molecular flexibility index (Phi) is 4.72. The zero-order valence-corrected chi connectivity index (χ0v) is 11.7. The fourth-order valence-corrected chi connectivity index (χ4v) is 1.82. The van der Waals surface area contributed by atoms with Crippen molar-refractivity contribution in [2.24, 2.45) is 5.41 Å². The van der Waals surface area contributed by atoms with E-state index >= 15 is 0 Å². The summed E-state index contributed by atoms with van der Waals surface area (Å²) in [7, 11) is 1.55. The summed E-state index contributed by atoms with van der Waals surface area (Å²) in [5.41, 5.74) is -0.573. The number of para-hydroxylation sites is 1. The van der Waals surface area contributed by atoms with Crippen LogP contribution in [0.15, 0.2) is 18.2 Å². The van der Waals surface area contributed by atoms with Gasteiger partial charge in [0.15, 0.2) is 0 Å². The Morgan fingerprint density at radius 1 is 1.47 bits per heavy atom. The monoisotopic (exact) mass is 285 g/mol. The largest absolute Gasteiger partial charge is 0.378 e. The SMILES string of the molecule is CNC(=O)C(C)(C)CNc1cccc(Cl)c1[N+](=O)[O-]. The van der Waals surface area contributed by atoms with Crippen LogP contribution >= 0.6 is 11.6 Å². The molecule has 0 spiro atoms. The first kappa shape index (κ1) is 15.2. The van der Waals surface area contributed by atoms with E-state index in [0.29, 0.717) is 5.69 Å². The summed E-state index contributed by atoms with van der Waals surface area (Å²) < 4.78 is 0. The second-order valence-electron chi connectivity index (χ2n) is 4.71. The molecule has 1 amide bonds. The van der Waals surface area contributed by atoms with Crippen LogP contribution in [0.3, 0.4) is 0 Å². The Labute approximate surface area is 116 Å². The van der Waals surface area contributed by atoms with Gasteiger partial charge in [0, 0.05) is 13.6 Å². The molecule has 2 N–H and O–H groups in total. The van der Waals surface area contributed by atoms with E-state index in [9.17, 15) is 14.9 Å². The number of rotatable bonds is 5. The fourth-order valence-electron chi connectivity index (χ4n) is 1.58. The molecule has 0 aliphatic rings. The first-order valence-electron chi connectivity index (χ1n) is 5.68. The molecule has 6 nitrogen and oxygen atoms in total. The Morgan fingerprint density at radius 2 is 2.11 bits per heavy atom. The smallest absolute Gasteiger partial charge is 0.310 e. The van der Waals surface area contributed by atoms with Crippen molar-refractivity contribution in [2.75, 3.05) is 18.9 Å². The second kappa shape index (κ2) is 5.88. The van der Waals surface area contributed by atoms with Gasteiger partial charge in [-0.3, -0.25) is 14.9 Å². The van der Waals surface area contributed by atoms with E-state index in [1.807, 2.05) is 0 Å². The molecule has 1 aromatic rings. The van der Waals surface area contributed by atoms with E-state index < -0.39 is 10.3 Å². The van der Waals surface area contributed by atoms with E-state index in [1.54, 1.807) is 33.0 Å². The minimum absolute atomic E-state index is 0.0627. The van der Waals surface area contributed by atoms with E-state index in [-0.39, 0.29) is 23.2 Å². The number of nitro groups is 1. The minimum atomic E-state index is -0.690. The third-order valence-corrected chi connectivity index (χ3v) is 3.04. The van der Waals surface area contributed by atoms with Gasteiger partial charge < -0.3 is 10.6 Å². The Hall–Kier alpha value is -1.82. The highest BCUT2D eigenvalue weighted by Crippen LogP contribution is 2.32. The Morgan fingerprint density at radius 3 is 2.63 bits per heavy atom. The molecular formula is C12H16ClN3O3. The lowest BCUT2D eigenvalue weighted by molar-refractivity contribution is -0.383. The lowest BCUT2D eigenvalue weighted by Gasteiger charge is -2.23. The molecule has 0 aromatic heterocycles. The number of carbonyl (C=O) groups is 1. The summed E-state index contributed by atoms with van der Waals surface area (Å²) in [6.45, 7) is 3.75. The van der Waals surface area contributed by atoms with Gasteiger partial charge in [0.05, 0.1) is 10.3 Å². The zero-order chi connectivity index (χ0) is 14.6. The first-order valence-corrected chi connectivity index (χ1v) is 6.06. The average molecular weight is 286 g/mol. The zero-order valence-electron chi connectivity index (χ0n) is 11.0. The molecule has 19 heavy (non-hydrogen) atoms. The van der Waals surface area contributed by atoms with Crippen LogP contribution in [0.4, 0.5) is 11.4 Å². The molecule has 0 atom stereocenters. The maximum Gasteiger partial charge on any atom is 0.310 e. The van der Waals surface area contributed by atoms with Crippen molar-refractivity contribution in [2.45, 2.75) is 13.8 Å². The second-order valence-corrected chi connectivity index (χ2v) is 5.12. The number of amides is 1. The summed E-state index contributed by atoms with van der Waals surface area (Å²) in [6.07, 6.45) is 0. The van der Waals surface area contributed by atoms with Gasteiger partial charge in [0.1, 0.15) is 10.7 Å². The quantitative estimate of drug-likeness (QED) is 0.643. The number of hydrogen-bond acceptors (Lipinski definition) is 4. The molecule has 0 radical (unpaired) electrons. The topological polar surface area (TPSA) is 84.3 Å². The number of halogens is 1. The maximum absolute atomic E-state index is 11.6. The number of anilines is 1. The van der Waals surface area contributed by atoms with Crippen molar-refractivity contribution in [3.63, 3.8) is 0 Å². The van der Waals surface area contributed by atoms with Gasteiger partial charge in [-0.1, -0.05) is 17.7 Å². The van der Waals surface area contributed by atoms with Crippen LogP contribution in [0, 0.1) is 15.5 Å². The number of nitro benzene ring substituents is 1. The summed E-state index contributed by atoms with van der Waals surface area (Å²) in [5, 5.41) is 16.5.